The summed E-state index contributed by atoms with van der Waals surface area (Å²) in [6.45, 7) is 2.65. The second-order valence-electron chi connectivity index (χ2n) is 8.18. The number of carbonyl (C=O) groups is 2. The molecule has 1 aliphatic heterocycles. The molecule has 1 aromatic heterocycles. The number of aromatic nitrogens is 2. The van der Waals surface area contributed by atoms with Crippen LogP contribution in [0.5, 0.6) is 0 Å². The Morgan fingerprint density at radius 3 is 2.48 bits per heavy atom. The van der Waals surface area contributed by atoms with Crippen molar-refractivity contribution in [1.82, 2.24) is 20.4 Å². The molecule has 4 rings (SSSR count). The highest BCUT2D eigenvalue weighted by Crippen LogP contribution is 2.22. The summed E-state index contributed by atoms with van der Waals surface area (Å²) in [5.41, 5.74) is 1.34. The minimum Gasteiger partial charge on any atom is -0.344 e. The van der Waals surface area contributed by atoms with Crippen LogP contribution in [0.3, 0.4) is 0 Å². The number of hydrogen-bond acceptors (Lipinski definition) is 5. The van der Waals surface area contributed by atoms with Gasteiger partial charge in [-0.1, -0.05) is 17.3 Å². The van der Waals surface area contributed by atoms with Gasteiger partial charge in [0.05, 0.1) is 12.3 Å². The molecule has 1 fully saturated rings. The zero-order chi connectivity index (χ0) is 23.4. The topological polar surface area (TPSA) is 88.3 Å². The number of benzene rings is 2. The van der Waals surface area contributed by atoms with Crippen molar-refractivity contribution in [2.24, 2.45) is 5.92 Å². The van der Waals surface area contributed by atoms with Crippen molar-refractivity contribution in [3.05, 3.63) is 71.6 Å². The molecule has 0 aliphatic carbocycles. The standard InChI is InChI=1S/C24H24F2N4O3/c1-15(24-28-22(29-33-24)17-6-10-20(26)11-7-17)27-23(32)18-3-2-12-30(14-18)21(31)13-16-4-8-19(25)9-5-16/h4-11,15,18H,2-3,12-14H2,1H3,(H,27,32). The van der Waals surface area contributed by atoms with Crippen molar-refractivity contribution in [2.75, 3.05) is 13.1 Å². The minimum atomic E-state index is -0.524. The average molecular weight is 454 g/mol. The van der Waals surface area contributed by atoms with Gasteiger partial charge in [-0.25, -0.2) is 8.78 Å². The number of nitrogens with one attached hydrogen (secondary N) is 1. The molecule has 7 nitrogen and oxygen atoms in total. The van der Waals surface area contributed by atoms with Gasteiger partial charge in [0.1, 0.15) is 17.7 Å². The van der Waals surface area contributed by atoms with Crippen LogP contribution in [0.25, 0.3) is 11.4 Å². The fourth-order valence-corrected chi connectivity index (χ4v) is 3.83. The smallest absolute Gasteiger partial charge is 0.249 e. The van der Waals surface area contributed by atoms with Gasteiger partial charge < -0.3 is 14.7 Å². The van der Waals surface area contributed by atoms with E-state index in [1.54, 1.807) is 36.1 Å². The van der Waals surface area contributed by atoms with E-state index in [2.05, 4.69) is 15.5 Å². The lowest BCUT2D eigenvalue weighted by Gasteiger charge is -2.32. The summed E-state index contributed by atoms with van der Waals surface area (Å²) in [7, 11) is 0. The molecule has 2 amide bonds. The summed E-state index contributed by atoms with van der Waals surface area (Å²) in [4.78, 5) is 31.5. The van der Waals surface area contributed by atoms with Gasteiger partial charge in [0.2, 0.25) is 23.5 Å². The first kappa shape index (κ1) is 22.6. The molecule has 1 N–H and O–H groups in total. The first-order valence-electron chi connectivity index (χ1n) is 10.8. The van der Waals surface area contributed by atoms with E-state index < -0.39 is 6.04 Å². The maximum absolute atomic E-state index is 13.1. The molecule has 2 unspecified atom stereocenters. The van der Waals surface area contributed by atoms with Gasteiger partial charge in [-0.05, 0) is 61.7 Å². The van der Waals surface area contributed by atoms with E-state index >= 15 is 0 Å². The van der Waals surface area contributed by atoms with E-state index in [1.165, 1.54) is 24.3 Å². The number of halogens is 2. The summed E-state index contributed by atoms with van der Waals surface area (Å²) in [5.74, 6) is -0.792. The predicted octanol–water partition coefficient (Wildman–Crippen LogP) is 3.67. The van der Waals surface area contributed by atoms with Gasteiger partial charge in [-0.15, -0.1) is 0 Å². The Morgan fingerprint density at radius 2 is 1.79 bits per heavy atom. The Labute approximate surface area is 189 Å². The van der Waals surface area contributed by atoms with E-state index in [4.69, 9.17) is 4.52 Å². The van der Waals surface area contributed by atoms with Crippen molar-refractivity contribution in [3.8, 4) is 11.4 Å². The lowest BCUT2D eigenvalue weighted by Crippen LogP contribution is -2.46. The summed E-state index contributed by atoms with van der Waals surface area (Å²) < 4.78 is 31.5. The summed E-state index contributed by atoms with van der Waals surface area (Å²) in [5, 5.41) is 6.78. The molecule has 2 aromatic carbocycles. The van der Waals surface area contributed by atoms with Gasteiger partial charge in [0.15, 0.2) is 0 Å². The first-order valence-corrected chi connectivity index (χ1v) is 10.8. The average Bonchev–Trinajstić information content (AvgIpc) is 3.31. The van der Waals surface area contributed by atoms with Crippen LogP contribution in [0.1, 0.15) is 37.3 Å². The highest BCUT2D eigenvalue weighted by atomic mass is 19.1. The fourth-order valence-electron chi connectivity index (χ4n) is 3.83. The van der Waals surface area contributed by atoms with E-state index in [0.717, 1.165) is 12.0 Å². The Hall–Kier alpha value is -3.62. The monoisotopic (exact) mass is 454 g/mol. The molecule has 1 saturated heterocycles. The van der Waals surface area contributed by atoms with E-state index in [-0.39, 0.29) is 41.7 Å². The van der Waals surface area contributed by atoms with Crippen molar-refractivity contribution in [3.63, 3.8) is 0 Å². The largest absolute Gasteiger partial charge is 0.344 e. The Bertz CT molecular complexity index is 1120. The number of amides is 2. The Kier molecular flexibility index (Phi) is 6.76. The molecule has 1 aliphatic rings. The normalized spacial score (nSPS) is 16.9. The lowest BCUT2D eigenvalue weighted by atomic mass is 9.96. The molecule has 3 aromatic rings. The number of piperidine rings is 1. The van der Waals surface area contributed by atoms with Gasteiger partial charge >= 0.3 is 0 Å². The van der Waals surface area contributed by atoms with Crippen LogP contribution in [0.15, 0.2) is 53.1 Å². The second kappa shape index (κ2) is 9.89. The summed E-state index contributed by atoms with van der Waals surface area (Å²) in [6, 6.07) is 11.0. The van der Waals surface area contributed by atoms with Gasteiger partial charge in [0, 0.05) is 18.7 Å². The third-order valence-corrected chi connectivity index (χ3v) is 5.69. The van der Waals surface area contributed by atoms with Crippen LogP contribution in [-0.4, -0.2) is 39.9 Å². The van der Waals surface area contributed by atoms with Crippen molar-refractivity contribution in [2.45, 2.75) is 32.2 Å². The molecule has 172 valence electrons. The molecule has 0 saturated carbocycles. The molecular weight excluding hydrogens is 430 g/mol. The zero-order valence-corrected chi connectivity index (χ0v) is 18.1. The van der Waals surface area contributed by atoms with E-state index in [0.29, 0.717) is 30.9 Å². The molecule has 2 atom stereocenters. The molecule has 0 radical (unpaired) electrons. The highest BCUT2D eigenvalue weighted by Gasteiger charge is 2.30. The van der Waals surface area contributed by atoms with Gasteiger partial charge in [-0.3, -0.25) is 9.59 Å². The molecule has 2 heterocycles. The van der Waals surface area contributed by atoms with Crippen LogP contribution in [0, 0.1) is 17.6 Å². The third-order valence-electron chi connectivity index (χ3n) is 5.69. The number of carbonyl (C=O) groups excluding carboxylic acids is 2. The van der Waals surface area contributed by atoms with E-state index in [9.17, 15) is 18.4 Å². The maximum Gasteiger partial charge on any atom is 0.249 e. The molecule has 0 bridgehead atoms. The predicted molar refractivity (Wildman–Crippen MR) is 116 cm³/mol. The molecule has 9 heteroatoms. The maximum atomic E-state index is 13.1. The molecule has 33 heavy (non-hydrogen) atoms. The van der Waals surface area contributed by atoms with Gasteiger partial charge in [0.25, 0.3) is 0 Å². The first-order chi connectivity index (χ1) is 15.9. The van der Waals surface area contributed by atoms with Crippen LogP contribution in [0.4, 0.5) is 8.78 Å². The number of hydrogen-bond donors (Lipinski definition) is 1. The van der Waals surface area contributed by atoms with E-state index in [1.807, 2.05) is 0 Å². The Balaban J connectivity index is 1.33. The third kappa shape index (κ3) is 5.60. The SMILES string of the molecule is CC(NC(=O)C1CCCN(C(=O)Cc2ccc(F)cc2)C1)c1nc(-c2ccc(F)cc2)no1. The van der Waals surface area contributed by atoms with Crippen LogP contribution in [-0.2, 0) is 16.0 Å². The highest BCUT2D eigenvalue weighted by molar-refractivity contribution is 5.82. The lowest BCUT2D eigenvalue weighted by molar-refractivity contribution is -0.135. The van der Waals surface area contributed by atoms with Crippen LogP contribution < -0.4 is 5.32 Å². The van der Waals surface area contributed by atoms with Crippen molar-refractivity contribution in [1.29, 1.82) is 0 Å². The fraction of sp³-hybridized carbons (Fsp3) is 0.333. The van der Waals surface area contributed by atoms with Crippen LogP contribution in [0.2, 0.25) is 0 Å². The minimum absolute atomic E-state index is 0.0898. The van der Waals surface area contributed by atoms with Gasteiger partial charge in [-0.2, -0.15) is 4.98 Å². The number of rotatable bonds is 6. The Morgan fingerprint density at radius 1 is 1.12 bits per heavy atom. The second-order valence-corrected chi connectivity index (χ2v) is 8.18. The van der Waals surface area contributed by atoms with Crippen LogP contribution >= 0.6 is 0 Å². The van der Waals surface area contributed by atoms with Crippen molar-refractivity contribution >= 4 is 11.8 Å². The summed E-state index contributed by atoms with van der Waals surface area (Å²) in [6.07, 6.45) is 1.56. The summed E-state index contributed by atoms with van der Waals surface area (Å²) >= 11 is 0. The molecule has 0 spiro atoms. The number of nitrogens with zero attached hydrogens (tertiary/aromatic N) is 3. The number of likely N-dealkylation sites (tertiary alicyclic amines) is 1. The van der Waals surface area contributed by atoms with Crippen molar-refractivity contribution < 1.29 is 22.9 Å². The quantitative estimate of drug-likeness (QED) is 0.614. The zero-order valence-electron chi connectivity index (χ0n) is 18.1. The molecular formula is C24H24F2N4O3.